The van der Waals surface area contributed by atoms with Crippen LogP contribution in [0.5, 0.6) is 0 Å². The monoisotopic (exact) mass is 1570 g/mol. The van der Waals surface area contributed by atoms with Gasteiger partial charge in [0.25, 0.3) is 27.8 Å². The van der Waals surface area contributed by atoms with E-state index in [-0.39, 0.29) is 118 Å². The van der Waals surface area contributed by atoms with Crippen LogP contribution in [-0.4, -0.2) is 188 Å². The number of anilines is 3. The van der Waals surface area contributed by atoms with Gasteiger partial charge < -0.3 is 73.0 Å². The van der Waals surface area contributed by atoms with Gasteiger partial charge in [-0.15, -0.1) is 0 Å². The third-order valence-electron chi connectivity index (χ3n) is 18.6. The lowest BCUT2D eigenvalue weighted by Crippen LogP contribution is -2.63. The molecule has 0 bridgehead atoms. The van der Waals surface area contributed by atoms with E-state index in [0.29, 0.717) is 35.0 Å². The number of carboxylic acid groups (broad SMARTS) is 2. The summed E-state index contributed by atoms with van der Waals surface area (Å²) in [5.74, 6) is -12.3. The summed E-state index contributed by atoms with van der Waals surface area (Å²) in [6.45, 7) is -1.31. The molecule has 11 amide bonds. The molecule has 0 aromatic heterocycles. The van der Waals surface area contributed by atoms with Gasteiger partial charge in [0.1, 0.15) is 41.0 Å². The Morgan fingerprint density at radius 1 is 0.708 bits per heavy atom. The molecular formula is C78H83N15O19S. The minimum atomic E-state index is -4.53. The fraction of sp³-hybridized carbons (Fsp3) is 0.295. The highest BCUT2D eigenvalue weighted by Crippen LogP contribution is 2.44. The second kappa shape index (κ2) is 38.3. The van der Waals surface area contributed by atoms with Crippen molar-refractivity contribution in [2.24, 2.45) is 16.1 Å². The van der Waals surface area contributed by atoms with Gasteiger partial charge in [-0.25, -0.2) is 19.4 Å². The van der Waals surface area contributed by atoms with Gasteiger partial charge in [-0.1, -0.05) is 91.0 Å². The number of benzene rings is 6. The minimum Gasteiger partial charge on any atom is -0.478 e. The van der Waals surface area contributed by atoms with Crippen molar-refractivity contribution in [3.63, 3.8) is 0 Å². The average Bonchev–Trinajstić information content (AvgIpc) is 1.61. The molecule has 2 heterocycles. The van der Waals surface area contributed by atoms with Gasteiger partial charge in [0.15, 0.2) is 0 Å². The van der Waals surface area contributed by atoms with Crippen LogP contribution in [0.25, 0.3) is 21.9 Å². The summed E-state index contributed by atoms with van der Waals surface area (Å²) < 4.78 is 39.5. The maximum absolute atomic E-state index is 14.4. The molecule has 0 saturated carbocycles. The largest absolute Gasteiger partial charge is 0.478 e. The first-order valence-electron chi connectivity index (χ1n) is 36.0. The SMILES string of the molecule is CN(C)c1ccc(N=NC2=CCC(C(=O)NCCC/C=C(/NC(=O)CNC(=O)/C(=C\C(=O)O)NC(=O)[C@@H]3CCCN4C(=O)CC[C@H](NC(=O)c5ccc(NC(=O)CNC(=O)[C@H](CCC(=O)NCCNc6cccc7c(S(=O)(=O)O)cccc67)NC(=O)OCC6c7ccccc7-c7ccccc76)cc5)C(=O)N34)C(=O)O)C=C2)cc1. The Balaban J connectivity index is 0.683. The Bertz CT molecular complexity index is 4920. The average molecular weight is 1570 g/mol. The molecule has 13 N–H and O–H groups in total. The maximum Gasteiger partial charge on any atom is 0.407 e. The number of allylic oxidation sites excluding steroid dienone is 3. The summed E-state index contributed by atoms with van der Waals surface area (Å²) in [5.41, 5.74) is 5.25. The molecule has 4 atom stereocenters. The molecule has 0 spiro atoms. The number of carbonyl (C=O) groups is 13. The molecule has 1 unspecified atom stereocenters. The molecule has 2 aliphatic heterocycles. The third-order valence-corrected chi connectivity index (χ3v) is 19.5. The molecule has 2 saturated heterocycles. The molecule has 10 rings (SSSR count). The Morgan fingerprint density at radius 2 is 1.41 bits per heavy atom. The van der Waals surface area contributed by atoms with Crippen LogP contribution in [0.3, 0.4) is 0 Å². The van der Waals surface area contributed by atoms with E-state index in [1.54, 1.807) is 42.5 Å². The van der Waals surface area contributed by atoms with Crippen LogP contribution >= 0.6 is 0 Å². The third kappa shape index (κ3) is 22.2. The van der Waals surface area contributed by atoms with Gasteiger partial charge in [0.2, 0.25) is 41.4 Å². The second-order valence-electron chi connectivity index (χ2n) is 26.6. The summed E-state index contributed by atoms with van der Waals surface area (Å²) in [4.78, 5) is 175. The molecule has 2 aliphatic carbocycles. The van der Waals surface area contributed by atoms with E-state index >= 15 is 0 Å². The van der Waals surface area contributed by atoms with E-state index in [1.807, 2.05) is 91.8 Å². The van der Waals surface area contributed by atoms with Crippen LogP contribution in [0.1, 0.15) is 85.2 Å². The van der Waals surface area contributed by atoms with Crippen molar-refractivity contribution in [1.29, 1.82) is 0 Å². The van der Waals surface area contributed by atoms with Crippen molar-refractivity contribution in [1.82, 2.24) is 52.6 Å². The summed E-state index contributed by atoms with van der Waals surface area (Å²) in [5, 5.41) is 55.9. The summed E-state index contributed by atoms with van der Waals surface area (Å²) >= 11 is 0. The first kappa shape index (κ1) is 82.1. The van der Waals surface area contributed by atoms with Crippen LogP contribution in [0.2, 0.25) is 0 Å². The zero-order valence-corrected chi connectivity index (χ0v) is 62.1. The first-order chi connectivity index (χ1) is 54.2. The zero-order valence-electron chi connectivity index (χ0n) is 61.3. The second-order valence-corrected chi connectivity index (χ2v) is 28.0. The van der Waals surface area contributed by atoms with E-state index in [0.717, 1.165) is 38.0 Å². The number of nitrogens with one attached hydrogen (secondary N) is 10. The Labute approximate surface area is 647 Å². The van der Waals surface area contributed by atoms with Gasteiger partial charge in [-0.3, -0.25) is 57.5 Å². The molecule has 4 aliphatic rings. The number of ether oxygens (including phenoxy) is 1. The van der Waals surface area contributed by atoms with E-state index in [1.165, 1.54) is 42.5 Å². The normalized spacial score (nSPS) is 16.3. The summed E-state index contributed by atoms with van der Waals surface area (Å²) in [6.07, 6.45) is 5.41. The van der Waals surface area contributed by atoms with Crippen molar-refractivity contribution >= 4 is 121 Å². The number of fused-ring (bicyclic) bond motifs is 5. The van der Waals surface area contributed by atoms with Crippen molar-refractivity contribution < 1.29 is 90.2 Å². The highest BCUT2D eigenvalue weighted by atomic mass is 32.2. The lowest BCUT2D eigenvalue weighted by molar-refractivity contribution is -0.175. The zero-order chi connectivity index (χ0) is 80.9. The number of azo groups is 1. The van der Waals surface area contributed by atoms with Crippen LogP contribution in [0.4, 0.5) is 27.5 Å². The number of amides is 11. The van der Waals surface area contributed by atoms with Gasteiger partial charge in [0, 0.05) is 92.4 Å². The van der Waals surface area contributed by atoms with E-state index in [4.69, 9.17) is 4.74 Å². The van der Waals surface area contributed by atoms with Gasteiger partial charge in [-0.05, 0) is 134 Å². The lowest BCUT2D eigenvalue weighted by Gasteiger charge is -2.42. The predicted molar refractivity (Wildman–Crippen MR) is 410 cm³/mol. The van der Waals surface area contributed by atoms with Gasteiger partial charge in [0.05, 0.1) is 36.5 Å². The lowest BCUT2D eigenvalue weighted by atomic mass is 9.98. The van der Waals surface area contributed by atoms with Crippen molar-refractivity contribution in [3.8, 4) is 11.1 Å². The molecule has 113 heavy (non-hydrogen) atoms. The summed E-state index contributed by atoms with van der Waals surface area (Å²) in [7, 11) is -0.671. The number of unbranched alkanes of at least 4 members (excludes halogenated alkanes) is 1. The van der Waals surface area contributed by atoms with Crippen molar-refractivity contribution in [3.05, 3.63) is 198 Å². The number of hydrazine groups is 1. The maximum atomic E-state index is 14.4. The fourth-order valence-corrected chi connectivity index (χ4v) is 13.7. The molecule has 6 aromatic rings. The van der Waals surface area contributed by atoms with Gasteiger partial charge in [-0.2, -0.15) is 18.6 Å². The number of alkyl carbamates (subject to hydrolysis) is 1. The molecule has 6 aromatic carbocycles. The van der Waals surface area contributed by atoms with Crippen molar-refractivity contribution in [2.45, 2.75) is 86.7 Å². The smallest absolute Gasteiger partial charge is 0.407 e. The Morgan fingerprint density at radius 3 is 2.09 bits per heavy atom. The summed E-state index contributed by atoms with van der Waals surface area (Å²) in [6, 6.07) is 33.0. The van der Waals surface area contributed by atoms with Crippen LogP contribution in [0.15, 0.2) is 196 Å². The number of aliphatic carboxylic acids is 2. The van der Waals surface area contributed by atoms with Crippen molar-refractivity contribution in [2.75, 3.05) is 75.5 Å². The van der Waals surface area contributed by atoms with E-state index < -0.39 is 130 Å². The molecule has 35 heteroatoms. The topological polar surface area (TPSA) is 481 Å². The molecule has 34 nitrogen and oxygen atoms in total. The van der Waals surface area contributed by atoms with Gasteiger partial charge >= 0.3 is 18.0 Å². The van der Waals surface area contributed by atoms with E-state index in [9.17, 15) is 85.5 Å². The molecule has 2 fully saturated rings. The fourth-order valence-electron chi connectivity index (χ4n) is 13.0. The number of nitrogens with zero attached hydrogens (tertiary/aromatic N) is 5. The minimum absolute atomic E-state index is 0.0331. The highest BCUT2D eigenvalue weighted by molar-refractivity contribution is 7.86. The standard InChI is InChI=1S/C78H83N15O19S/c1-91(2)51-32-30-50(31-33-51)90-89-49-28-24-46(25-29-49)71(100)81-38-8-7-18-62(77(106)107)85-68(96)44-83-74(103)63(42-70(98)99)87-75(104)64-20-11-41-92-69(97)37-35-61(76(105)93(64)92)86-72(101)47-22-26-48(27-23-47)84-67(95)43-82-73(102)60(88-78(108)112-45-58-54-14-5-3-12-52(54)53-13-4-6-15-55(53)58)34-36-66(94)80-40-39-79-59-19-9-17-57-56(59)16-10-21-65(57)113(109,110)111/h3-6,9-10,12-19,21-24,26-33,42,46,58,60-61,64,79H,7-8,11,20,25,34-41,43-45H2,1-2H3,(H,80,94)(H,81,100)(H,82,102)(H,83,103)(H,84,95)(H,85,96)(H,86,101)(H,87,104)(H,88,108)(H,98,99)(H,106,107)(H,109,110,111)/b62-18+,63-42+,90-89?/t46?,60-,61-,64-/m0/s1. The molecular weight excluding hydrogens is 1480 g/mol. The Hall–Kier alpha value is -13.4. The quantitative estimate of drug-likeness (QED) is 0.0109. The number of carboxylic acids is 2. The predicted octanol–water partition coefficient (Wildman–Crippen LogP) is 5.18. The number of hydrogen-bond acceptors (Lipinski definition) is 20. The molecule has 0 radical (unpaired) electrons. The van der Waals surface area contributed by atoms with Crippen LogP contribution in [0, 0.1) is 5.92 Å². The highest BCUT2D eigenvalue weighted by Gasteiger charge is 2.45. The molecule has 590 valence electrons. The number of carbonyl (C=O) groups excluding carboxylic acids is 11. The van der Waals surface area contributed by atoms with E-state index in [2.05, 4.69) is 63.4 Å². The first-order valence-corrected chi connectivity index (χ1v) is 37.5. The number of hydrogen-bond donors (Lipinski definition) is 13. The van der Waals surface area contributed by atoms with Crippen LogP contribution in [-0.2, 0) is 67.6 Å². The number of rotatable bonds is 33. The Kier molecular flexibility index (Phi) is 27.8. The van der Waals surface area contributed by atoms with Crippen LogP contribution < -0.4 is 58.1 Å².